The maximum atomic E-state index is 13.6. The number of carbonyl (C=O) groups is 1. The van der Waals surface area contributed by atoms with Crippen molar-refractivity contribution in [1.82, 2.24) is 5.32 Å². The Labute approximate surface area is 160 Å². The number of halogens is 1. The van der Waals surface area contributed by atoms with Crippen molar-refractivity contribution < 1.29 is 17.6 Å². The molecule has 1 N–H and O–H groups in total. The second kappa shape index (κ2) is 8.99. The lowest BCUT2D eigenvalue weighted by molar-refractivity contribution is -0.120. The van der Waals surface area contributed by atoms with E-state index in [2.05, 4.69) is 5.32 Å². The average Bonchev–Trinajstić information content (AvgIpc) is 2.58. The van der Waals surface area contributed by atoms with Gasteiger partial charge >= 0.3 is 0 Å². The summed E-state index contributed by atoms with van der Waals surface area (Å²) >= 11 is 0. The van der Waals surface area contributed by atoms with Gasteiger partial charge in [-0.25, -0.2) is 12.8 Å². The van der Waals surface area contributed by atoms with Gasteiger partial charge in [0, 0.05) is 19.5 Å². The van der Waals surface area contributed by atoms with Gasteiger partial charge in [0.2, 0.25) is 15.9 Å². The summed E-state index contributed by atoms with van der Waals surface area (Å²) in [5.74, 6) is -0.575. The Morgan fingerprint density at radius 1 is 1.11 bits per heavy atom. The first-order chi connectivity index (χ1) is 12.7. The molecular weight excluding hydrogens is 367 g/mol. The molecule has 0 heterocycles. The van der Waals surface area contributed by atoms with E-state index in [1.165, 1.54) is 10.4 Å². The van der Waals surface area contributed by atoms with E-state index in [9.17, 15) is 17.6 Å². The van der Waals surface area contributed by atoms with Crippen LogP contribution in [0.4, 0.5) is 10.1 Å². The molecule has 0 aliphatic rings. The fourth-order valence-corrected chi connectivity index (χ4v) is 3.62. The van der Waals surface area contributed by atoms with Gasteiger partial charge in [-0.2, -0.15) is 0 Å². The van der Waals surface area contributed by atoms with Crippen LogP contribution < -0.4 is 9.62 Å². The highest BCUT2D eigenvalue weighted by molar-refractivity contribution is 7.92. The minimum atomic E-state index is -3.51. The summed E-state index contributed by atoms with van der Waals surface area (Å²) in [6.45, 7) is 4.21. The molecule has 2 aromatic rings. The summed E-state index contributed by atoms with van der Waals surface area (Å²) < 4.78 is 39.1. The summed E-state index contributed by atoms with van der Waals surface area (Å²) in [7, 11) is -3.51. The summed E-state index contributed by atoms with van der Waals surface area (Å²) in [6, 6.07) is 11.8. The summed E-state index contributed by atoms with van der Waals surface area (Å²) in [5, 5.41) is 2.71. The van der Waals surface area contributed by atoms with Gasteiger partial charge in [0.25, 0.3) is 0 Å². The molecule has 0 radical (unpaired) electrons. The number of aryl methyl sites for hydroxylation is 2. The Balaban J connectivity index is 1.93. The molecule has 0 atom stereocenters. The third-order valence-corrected chi connectivity index (χ3v) is 5.59. The average molecular weight is 392 g/mol. The smallest absolute Gasteiger partial charge is 0.232 e. The fourth-order valence-electron chi connectivity index (χ4n) is 2.70. The molecule has 146 valence electrons. The number of anilines is 1. The number of sulfonamides is 1. The van der Waals surface area contributed by atoms with E-state index in [1.807, 2.05) is 19.9 Å². The minimum absolute atomic E-state index is 0.0251. The van der Waals surface area contributed by atoms with Gasteiger partial charge in [-0.3, -0.25) is 9.10 Å². The van der Waals surface area contributed by atoms with Crippen molar-refractivity contribution in [2.24, 2.45) is 0 Å². The van der Waals surface area contributed by atoms with Gasteiger partial charge in [-0.1, -0.05) is 24.3 Å². The molecular formula is C20H25FN2O3S. The number of nitrogens with zero attached hydrogens (tertiary/aromatic N) is 1. The lowest BCUT2D eigenvalue weighted by Crippen LogP contribution is -2.35. The largest absolute Gasteiger partial charge is 0.356 e. The number of hydrogen-bond acceptors (Lipinski definition) is 3. The molecule has 0 fully saturated rings. The first-order valence-corrected chi connectivity index (χ1v) is 10.6. The predicted molar refractivity (Wildman–Crippen MR) is 106 cm³/mol. The number of nitrogens with one attached hydrogen (secondary N) is 1. The summed E-state index contributed by atoms with van der Waals surface area (Å²) in [5.41, 5.74) is 3.12. The molecule has 2 rings (SSSR count). The van der Waals surface area contributed by atoms with Gasteiger partial charge in [0.1, 0.15) is 5.82 Å². The van der Waals surface area contributed by atoms with E-state index >= 15 is 0 Å². The lowest BCUT2D eigenvalue weighted by Gasteiger charge is -2.23. The van der Waals surface area contributed by atoms with Crippen molar-refractivity contribution in [1.29, 1.82) is 0 Å². The summed E-state index contributed by atoms with van der Waals surface area (Å²) in [4.78, 5) is 12.1. The van der Waals surface area contributed by atoms with Crippen LogP contribution in [0.15, 0.2) is 42.5 Å². The molecule has 5 nitrogen and oxygen atoms in total. The fraction of sp³-hybridized carbons (Fsp3) is 0.350. The number of benzene rings is 2. The summed E-state index contributed by atoms with van der Waals surface area (Å²) in [6.07, 6.45) is 1.53. The van der Waals surface area contributed by atoms with Crippen LogP contribution in [0.3, 0.4) is 0 Å². The van der Waals surface area contributed by atoms with E-state index < -0.39 is 10.0 Å². The minimum Gasteiger partial charge on any atom is -0.356 e. The quantitative estimate of drug-likeness (QED) is 0.751. The molecule has 7 heteroatoms. The van der Waals surface area contributed by atoms with E-state index in [0.29, 0.717) is 24.2 Å². The van der Waals surface area contributed by atoms with Crippen LogP contribution in [0.25, 0.3) is 0 Å². The second-order valence-corrected chi connectivity index (χ2v) is 8.45. The van der Waals surface area contributed by atoms with Crippen molar-refractivity contribution in [3.63, 3.8) is 0 Å². The Morgan fingerprint density at radius 2 is 1.81 bits per heavy atom. The van der Waals surface area contributed by atoms with Crippen LogP contribution >= 0.6 is 0 Å². The molecule has 0 spiro atoms. The van der Waals surface area contributed by atoms with Crippen LogP contribution in [0.1, 0.15) is 23.1 Å². The number of amides is 1. The molecule has 0 saturated heterocycles. The monoisotopic (exact) mass is 392 g/mol. The van der Waals surface area contributed by atoms with Crippen LogP contribution in [0.5, 0.6) is 0 Å². The zero-order valence-corrected chi connectivity index (χ0v) is 16.6. The van der Waals surface area contributed by atoms with E-state index in [1.54, 1.807) is 30.3 Å². The molecule has 0 bridgehead atoms. The third kappa shape index (κ3) is 6.06. The Hall–Kier alpha value is -2.41. The predicted octanol–water partition coefficient (Wildman–Crippen LogP) is 2.96. The molecule has 0 aromatic heterocycles. The molecule has 0 aliphatic carbocycles. The van der Waals surface area contributed by atoms with E-state index in [-0.39, 0.29) is 24.7 Å². The van der Waals surface area contributed by atoms with Crippen LogP contribution in [-0.2, 0) is 21.2 Å². The lowest BCUT2D eigenvalue weighted by atomic mass is 10.1. The number of hydrogen-bond donors (Lipinski definition) is 1. The second-order valence-electron chi connectivity index (χ2n) is 6.55. The first-order valence-electron chi connectivity index (χ1n) is 8.73. The van der Waals surface area contributed by atoms with E-state index in [4.69, 9.17) is 0 Å². The molecule has 0 saturated carbocycles. The number of rotatable bonds is 8. The zero-order chi connectivity index (χ0) is 20.0. The van der Waals surface area contributed by atoms with Crippen molar-refractivity contribution in [2.45, 2.75) is 26.7 Å². The Kier molecular flexibility index (Phi) is 6.96. The topological polar surface area (TPSA) is 66.5 Å². The van der Waals surface area contributed by atoms with Crippen molar-refractivity contribution in [2.75, 3.05) is 23.7 Å². The SMILES string of the molecule is Cc1ccc(N(CCC(=O)NCCc2ccccc2F)S(C)(=O)=O)cc1C. The molecule has 0 unspecified atom stereocenters. The normalized spacial score (nSPS) is 11.3. The Bertz CT molecular complexity index is 913. The van der Waals surface area contributed by atoms with Crippen molar-refractivity contribution in [3.8, 4) is 0 Å². The van der Waals surface area contributed by atoms with Crippen LogP contribution in [-0.4, -0.2) is 33.7 Å². The standard InChI is InChI=1S/C20H25FN2O3S/c1-15-8-9-18(14-16(15)2)23(27(3,25)26)13-11-20(24)22-12-10-17-6-4-5-7-19(17)21/h4-9,14H,10-13H2,1-3H3,(H,22,24). The third-order valence-electron chi connectivity index (χ3n) is 4.40. The van der Waals surface area contributed by atoms with Gasteiger partial charge < -0.3 is 5.32 Å². The van der Waals surface area contributed by atoms with Crippen molar-refractivity contribution >= 4 is 21.6 Å². The highest BCUT2D eigenvalue weighted by Crippen LogP contribution is 2.21. The van der Waals surface area contributed by atoms with Crippen molar-refractivity contribution in [3.05, 3.63) is 65.0 Å². The molecule has 0 aliphatic heterocycles. The van der Waals surface area contributed by atoms with Gasteiger partial charge in [-0.05, 0) is 55.2 Å². The molecule has 2 aromatic carbocycles. The Morgan fingerprint density at radius 3 is 2.44 bits per heavy atom. The highest BCUT2D eigenvalue weighted by atomic mass is 32.2. The highest BCUT2D eigenvalue weighted by Gasteiger charge is 2.19. The number of carbonyl (C=O) groups excluding carboxylic acids is 1. The maximum Gasteiger partial charge on any atom is 0.232 e. The van der Waals surface area contributed by atoms with Gasteiger partial charge in [0.15, 0.2) is 0 Å². The zero-order valence-electron chi connectivity index (χ0n) is 15.8. The van der Waals surface area contributed by atoms with Gasteiger partial charge in [0.05, 0.1) is 11.9 Å². The van der Waals surface area contributed by atoms with Gasteiger partial charge in [-0.15, -0.1) is 0 Å². The first kappa shape index (κ1) is 20.9. The maximum absolute atomic E-state index is 13.6. The van der Waals surface area contributed by atoms with Crippen LogP contribution in [0, 0.1) is 19.7 Å². The van der Waals surface area contributed by atoms with Crippen LogP contribution in [0.2, 0.25) is 0 Å². The molecule has 1 amide bonds. The van der Waals surface area contributed by atoms with E-state index in [0.717, 1.165) is 17.4 Å². The molecule has 27 heavy (non-hydrogen) atoms.